The minimum Gasteiger partial charge on any atom is -0.493 e. The van der Waals surface area contributed by atoms with Gasteiger partial charge in [-0.15, -0.1) is 0 Å². The van der Waals surface area contributed by atoms with Crippen molar-refractivity contribution in [3.63, 3.8) is 0 Å². The number of benzene rings is 2. The number of aliphatic hydroxyl groups is 1. The summed E-state index contributed by atoms with van der Waals surface area (Å²) in [5, 5.41) is 12.8. The molecule has 2 heterocycles. The molecule has 1 fully saturated rings. The first kappa shape index (κ1) is 27.8. The number of rotatable bonds is 10. The summed E-state index contributed by atoms with van der Waals surface area (Å²) in [4.78, 5) is 29.3. The van der Waals surface area contributed by atoms with E-state index >= 15 is 4.39 Å². The second-order valence-corrected chi connectivity index (χ2v) is 8.54. The molecule has 0 unspecified atom stereocenters. The Labute approximate surface area is 223 Å². The van der Waals surface area contributed by atoms with Crippen LogP contribution in [0.25, 0.3) is 0 Å². The zero-order valence-corrected chi connectivity index (χ0v) is 21.5. The standard InChI is InChI=1S/C27H28FN3O8/c1-15-22(32)21(14-38-13-16-8-6-5-7-9-16)39-26(15)31-12-18(28)24(30-27(31)34)29-25(33)17-10-19(35-2)23(37-4)20(11-17)36-3/h5-12,21-22,26,32H,1,13-14H2,2-4H3,(H,29,30,33,34)/t21-,22+,26-/m1/s1. The number of carbonyl (C=O) groups is 1. The summed E-state index contributed by atoms with van der Waals surface area (Å²) >= 11 is 0. The van der Waals surface area contributed by atoms with Gasteiger partial charge in [0.05, 0.1) is 40.7 Å². The third-order valence-electron chi connectivity index (χ3n) is 6.07. The highest BCUT2D eigenvalue weighted by Crippen LogP contribution is 2.38. The van der Waals surface area contributed by atoms with Gasteiger partial charge in [-0.1, -0.05) is 36.9 Å². The van der Waals surface area contributed by atoms with Crippen LogP contribution in [0.15, 0.2) is 65.6 Å². The van der Waals surface area contributed by atoms with Crippen LogP contribution in [0.4, 0.5) is 10.2 Å². The van der Waals surface area contributed by atoms with E-state index in [0.717, 1.165) is 16.3 Å². The number of ether oxygens (including phenoxy) is 5. The lowest BCUT2D eigenvalue weighted by Crippen LogP contribution is -2.30. The Balaban J connectivity index is 1.48. The molecule has 39 heavy (non-hydrogen) atoms. The summed E-state index contributed by atoms with van der Waals surface area (Å²) in [7, 11) is 4.18. The third-order valence-corrected chi connectivity index (χ3v) is 6.07. The third kappa shape index (κ3) is 5.93. The number of amides is 1. The molecule has 0 spiro atoms. The van der Waals surface area contributed by atoms with Crippen molar-refractivity contribution in [3.05, 3.63) is 88.2 Å². The van der Waals surface area contributed by atoms with Gasteiger partial charge in [-0.3, -0.25) is 9.36 Å². The van der Waals surface area contributed by atoms with Crippen LogP contribution < -0.4 is 25.2 Å². The van der Waals surface area contributed by atoms with Crippen LogP contribution in [-0.4, -0.2) is 60.7 Å². The molecule has 0 bridgehead atoms. The molecule has 3 atom stereocenters. The van der Waals surface area contributed by atoms with Gasteiger partial charge in [0.1, 0.15) is 12.2 Å². The smallest absolute Gasteiger partial charge is 0.352 e. The van der Waals surface area contributed by atoms with Crippen molar-refractivity contribution in [1.29, 1.82) is 0 Å². The maximum atomic E-state index is 15.0. The summed E-state index contributed by atoms with van der Waals surface area (Å²) in [5.41, 5.74) is 0.192. The average Bonchev–Trinajstić information content (AvgIpc) is 3.22. The van der Waals surface area contributed by atoms with Gasteiger partial charge < -0.3 is 34.1 Å². The first-order chi connectivity index (χ1) is 18.8. The molecule has 1 amide bonds. The van der Waals surface area contributed by atoms with Crippen molar-refractivity contribution in [2.75, 3.05) is 33.3 Å². The average molecular weight is 542 g/mol. The molecule has 1 aliphatic heterocycles. The molecule has 12 heteroatoms. The maximum absolute atomic E-state index is 15.0. The fourth-order valence-electron chi connectivity index (χ4n) is 4.05. The van der Waals surface area contributed by atoms with Gasteiger partial charge in [0.15, 0.2) is 29.4 Å². The second-order valence-electron chi connectivity index (χ2n) is 8.54. The van der Waals surface area contributed by atoms with Gasteiger partial charge in [-0.2, -0.15) is 4.98 Å². The number of aromatic nitrogens is 2. The highest BCUT2D eigenvalue weighted by Gasteiger charge is 2.39. The molecule has 1 aliphatic rings. The van der Waals surface area contributed by atoms with Crippen molar-refractivity contribution in [3.8, 4) is 17.2 Å². The zero-order chi connectivity index (χ0) is 28.1. The number of nitrogens with one attached hydrogen (secondary N) is 1. The molecule has 1 saturated heterocycles. The summed E-state index contributed by atoms with van der Waals surface area (Å²) < 4.78 is 42.9. The summed E-state index contributed by atoms with van der Waals surface area (Å²) in [5.74, 6) is -1.68. The van der Waals surface area contributed by atoms with E-state index in [1.165, 1.54) is 33.5 Å². The maximum Gasteiger partial charge on any atom is 0.352 e. The Hall–Kier alpha value is -4.26. The number of methoxy groups -OCH3 is 3. The van der Waals surface area contributed by atoms with Crippen molar-refractivity contribution in [2.24, 2.45) is 0 Å². The van der Waals surface area contributed by atoms with E-state index in [1.807, 2.05) is 30.3 Å². The van der Waals surface area contributed by atoms with Crippen LogP contribution >= 0.6 is 0 Å². The number of hydrogen-bond donors (Lipinski definition) is 2. The molecule has 2 aromatic carbocycles. The van der Waals surface area contributed by atoms with Crippen molar-refractivity contribution in [1.82, 2.24) is 9.55 Å². The molecular formula is C27H28FN3O8. The first-order valence-corrected chi connectivity index (χ1v) is 11.8. The van der Waals surface area contributed by atoms with Crippen molar-refractivity contribution in [2.45, 2.75) is 25.0 Å². The van der Waals surface area contributed by atoms with Crippen LogP contribution in [0, 0.1) is 5.82 Å². The van der Waals surface area contributed by atoms with Crippen molar-refractivity contribution >= 4 is 11.7 Å². The number of anilines is 1. The molecule has 2 N–H and O–H groups in total. The lowest BCUT2D eigenvalue weighted by Gasteiger charge is -2.17. The molecule has 0 aliphatic carbocycles. The second kappa shape index (κ2) is 12.1. The van der Waals surface area contributed by atoms with E-state index in [4.69, 9.17) is 23.7 Å². The number of nitrogens with zero attached hydrogens (tertiary/aromatic N) is 2. The summed E-state index contributed by atoms with van der Waals surface area (Å²) in [6.45, 7) is 4.10. The van der Waals surface area contributed by atoms with E-state index in [9.17, 15) is 14.7 Å². The van der Waals surface area contributed by atoms with E-state index in [2.05, 4.69) is 16.9 Å². The van der Waals surface area contributed by atoms with Crippen LogP contribution in [0.1, 0.15) is 22.1 Å². The monoisotopic (exact) mass is 541 g/mol. The predicted octanol–water partition coefficient (Wildman–Crippen LogP) is 2.69. The molecular weight excluding hydrogens is 513 g/mol. The number of carbonyl (C=O) groups excluding carboxylic acids is 1. The minimum atomic E-state index is -1.18. The van der Waals surface area contributed by atoms with E-state index in [1.54, 1.807) is 0 Å². The lowest BCUT2D eigenvalue weighted by molar-refractivity contribution is -0.0662. The predicted molar refractivity (Wildman–Crippen MR) is 138 cm³/mol. The Morgan fingerprint density at radius 3 is 2.44 bits per heavy atom. The van der Waals surface area contributed by atoms with Crippen LogP contribution in [0.5, 0.6) is 17.2 Å². The Bertz CT molecular complexity index is 1390. The van der Waals surface area contributed by atoms with Crippen LogP contribution in [0.3, 0.4) is 0 Å². The lowest BCUT2D eigenvalue weighted by atomic mass is 10.1. The number of aliphatic hydroxyl groups excluding tert-OH is 1. The van der Waals surface area contributed by atoms with Gasteiger partial charge in [0, 0.05) is 11.1 Å². The molecule has 4 rings (SSSR count). The van der Waals surface area contributed by atoms with Crippen molar-refractivity contribution < 1.29 is 38.0 Å². The number of halogens is 1. The molecule has 0 saturated carbocycles. The van der Waals surface area contributed by atoms with E-state index in [-0.39, 0.29) is 35.0 Å². The largest absolute Gasteiger partial charge is 0.493 e. The summed E-state index contributed by atoms with van der Waals surface area (Å²) in [6, 6.07) is 12.2. The fraction of sp³-hybridized carbons (Fsp3) is 0.296. The quantitative estimate of drug-likeness (QED) is 0.372. The van der Waals surface area contributed by atoms with Gasteiger partial charge in [0.2, 0.25) is 5.75 Å². The Morgan fingerprint density at radius 2 is 1.82 bits per heavy atom. The highest BCUT2D eigenvalue weighted by molar-refractivity contribution is 6.04. The van der Waals surface area contributed by atoms with E-state index in [0.29, 0.717) is 6.61 Å². The van der Waals surface area contributed by atoms with Crippen LogP contribution in [0.2, 0.25) is 0 Å². The molecule has 0 radical (unpaired) electrons. The minimum absolute atomic E-state index is 0.0131. The molecule has 3 aromatic rings. The highest BCUT2D eigenvalue weighted by atomic mass is 19.1. The summed E-state index contributed by atoms with van der Waals surface area (Å²) in [6.07, 6.45) is -2.34. The van der Waals surface area contributed by atoms with E-state index < -0.39 is 41.7 Å². The molecule has 11 nitrogen and oxygen atoms in total. The van der Waals surface area contributed by atoms with Gasteiger partial charge in [0.25, 0.3) is 5.91 Å². The first-order valence-electron chi connectivity index (χ1n) is 11.8. The molecule has 206 valence electrons. The Morgan fingerprint density at radius 1 is 1.15 bits per heavy atom. The van der Waals surface area contributed by atoms with Gasteiger partial charge >= 0.3 is 5.69 Å². The van der Waals surface area contributed by atoms with Crippen LogP contribution in [-0.2, 0) is 16.1 Å². The number of hydrogen-bond acceptors (Lipinski definition) is 9. The normalized spacial score (nSPS) is 18.6. The Kier molecular flexibility index (Phi) is 8.59. The van der Waals surface area contributed by atoms with Gasteiger partial charge in [-0.05, 0) is 17.7 Å². The topological polar surface area (TPSA) is 130 Å². The SMILES string of the molecule is C=C1[C@H](n2cc(F)c(NC(=O)c3cc(OC)c(OC)c(OC)c3)nc2=O)O[C@H](COCc2ccccc2)[C@H]1O. The fourth-order valence-corrected chi connectivity index (χ4v) is 4.05. The zero-order valence-electron chi connectivity index (χ0n) is 21.5. The van der Waals surface area contributed by atoms with Gasteiger partial charge in [-0.25, -0.2) is 9.18 Å². The molecule has 1 aromatic heterocycles.